The Labute approximate surface area is 155 Å². The van der Waals surface area contributed by atoms with E-state index < -0.39 is 0 Å². The fraction of sp³-hybridized carbons (Fsp3) is 0.652. The van der Waals surface area contributed by atoms with Gasteiger partial charge in [-0.3, -0.25) is 0 Å². The van der Waals surface area contributed by atoms with E-state index in [0.717, 1.165) is 6.54 Å². The Kier molecular flexibility index (Phi) is 9.54. The van der Waals surface area contributed by atoms with Crippen LogP contribution in [0, 0.1) is 0 Å². The molecule has 140 valence electrons. The summed E-state index contributed by atoms with van der Waals surface area (Å²) in [6, 6.07) is 11.0. The zero-order valence-electron chi connectivity index (χ0n) is 16.5. The monoisotopic (exact) mass is 342 g/mol. The van der Waals surface area contributed by atoms with Crippen LogP contribution in [0.3, 0.4) is 0 Å². The largest absolute Gasteiger partial charge is 0.352 e. The standard InChI is InChI=1S/C23H38N2/c1-3-5-6-7-8-9-10-11-15-19-25-21-20-24(18-4-2)23(25)22-16-13-12-14-17-22/h12-14,16-17,20-21,23H,3-11,15,18-19H2,1-2H3. The van der Waals surface area contributed by atoms with Gasteiger partial charge in [-0.15, -0.1) is 0 Å². The van der Waals surface area contributed by atoms with Crippen molar-refractivity contribution in [3.8, 4) is 0 Å². The topological polar surface area (TPSA) is 6.48 Å². The van der Waals surface area contributed by atoms with E-state index in [2.05, 4.69) is 66.4 Å². The molecule has 1 atom stereocenters. The van der Waals surface area contributed by atoms with Crippen molar-refractivity contribution < 1.29 is 0 Å². The van der Waals surface area contributed by atoms with Gasteiger partial charge in [0.05, 0.1) is 0 Å². The Morgan fingerprint density at radius 1 is 0.640 bits per heavy atom. The number of benzene rings is 1. The first-order valence-electron chi connectivity index (χ1n) is 10.6. The second kappa shape index (κ2) is 12.0. The molecule has 0 fully saturated rings. The molecule has 1 aromatic rings. The van der Waals surface area contributed by atoms with E-state index in [1.54, 1.807) is 0 Å². The lowest BCUT2D eigenvalue weighted by atomic mass is 10.1. The second-order valence-corrected chi connectivity index (χ2v) is 7.39. The quantitative estimate of drug-likeness (QED) is 0.367. The minimum Gasteiger partial charge on any atom is -0.352 e. The smallest absolute Gasteiger partial charge is 0.127 e. The van der Waals surface area contributed by atoms with E-state index in [9.17, 15) is 0 Å². The maximum atomic E-state index is 2.53. The number of nitrogens with zero attached hydrogens (tertiary/aromatic N) is 2. The van der Waals surface area contributed by atoms with E-state index in [1.807, 2.05) is 0 Å². The summed E-state index contributed by atoms with van der Waals surface area (Å²) < 4.78 is 0. The summed E-state index contributed by atoms with van der Waals surface area (Å²) in [7, 11) is 0. The Hall–Kier alpha value is -1.44. The second-order valence-electron chi connectivity index (χ2n) is 7.39. The lowest BCUT2D eigenvalue weighted by Crippen LogP contribution is -2.31. The summed E-state index contributed by atoms with van der Waals surface area (Å²) in [4.78, 5) is 5.02. The highest BCUT2D eigenvalue weighted by molar-refractivity contribution is 5.21. The minimum absolute atomic E-state index is 0.398. The first-order valence-corrected chi connectivity index (χ1v) is 10.6. The van der Waals surface area contributed by atoms with Gasteiger partial charge in [-0.25, -0.2) is 0 Å². The first kappa shape index (κ1) is 19.9. The summed E-state index contributed by atoms with van der Waals surface area (Å²) >= 11 is 0. The molecule has 25 heavy (non-hydrogen) atoms. The van der Waals surface area contributed by atoms with Gasteiger partial charge in [-0.05, 0) is 18.4 Å². The summed E-state index contributed by atoms with van der Waals surface area (Å²) in [5.41, 5.74) is 1.41. The number of rotatable bonds is 13. The highest BCUT2D eigenvalue weighted by Gasteiger charge is 2.26. The Balaban J connectivity index is 1.70. The van der Waals surface area contributed by atoms with Crippen molar-refractivity contribution in [2.24, 2.45) is 0 Å². The van der Waals surface area contributed by atoms with Crippen molar-refractivity contribution in [3.05, 3.63) is 48.3 Å². The van der Waals surface area contributed by atoms with Crippen LogP contribution in [-0.2, 0) is 0 Å². The van der Waals surface area contributed by atoms with Crippen molar-refractivity contribution in [3.63, 3.8) is 0 Å². The van der Waals surface area contributed by atoms with Crippen molar-refractivity contribution in [1.29, 1.82) is 0 Å². The highest BCUT2D eigenvalue weighted by atomic mass is 15.4. The predicted molar refractivity (Wildman–Crippen MR) is 109 cm³/mol. The lowest BCUT2D eigenvalue weighted by Gasteiger charge is -2.33. The van der Waals surface area contributed by atoms with Gasteiger partial charge in [-0.2, -0.15) is 0 Å². The Bertz CT molecular complexity index is 468. The van der Waals surface area contributed by atoms with E-state index >= 15 is 0 Å². The molecule has 2 heteroatoms. The molecule has 0 saturated carbocycles. The van der Waals surface area contributed by atoms with Gasteiger partial charge in [0.25, 0.3) is 0 Å². The molecule has 1 aromatic carbocycles. The molecule has 0 aliphatic carbocycles. The molecule has 0 spiro atoms. The fourth-order valence-corrected chi connectivity index (χ4v) is 3.79. The van der Waals surface area contributed by atoms with Crippen LogP contribution in [0.25, 0.3) is 0 Å². The predicted octanol–water partition coefficient (Wildman–Crippen LogP) is 6.71. The van der Waals surface area contributed by atoms with Crippen LogP contribution in [0.2, 0.25) is 0 Å². The third-order valence-electron chi connectivity index (χ3n) is 5.18. The third kappa shape index (κ3) is 6.76. The number of unbranched alkanes of at least 4 members (excludes halogenated alkanes) is 8. The summed E-state index contributed by atoms with van der Waals surface area (Å²) in [5.74, 6) is 0. The van der Waals surface area contributed by atoms with E-state index in [-0.39, 0.29) is 0 Å². The number of hydrogen-bond acceptors (Lipinski definition) is 2. The molecular weight excluding hydrogens is 304 g/mol. The zero-order chi connectivity index (χ0) is 17.7. The molecule has 1 aliphatic heterocycles. The average molecular weight is 343 g/mol. The molecular formula is C23H38N2. The normalized spacial score (nSPS) is 16.8. The Morgan fingerprint density at radius 2 is 1.20 bits per heavy atom. The van der Waals surface area contributed by atoms with E-state index in [0.29, 0.717) is 6.17 Å². The molecule has 2 rings (SSSR count). The van der Waals surface area contributed by atoms with Crippen LogP contribution in [0.15, 0.2) is 42.7 Å². The summed E-state index contributed by atoms with van der Waals surface area (Å²) in [6.45, 7) is 6.85. The maximum absolute atomic E-state index is 2.53. The molecule has 0 bridgehead atoms. The van der Waals surface area contributed by atoms with Gasteiger partial charge in [0.2, 0.25) is 0 Å². The first-order chi connectivity index (χ1) is 12.4. The van der Waals surface area contributed by atoms with Crippen molar-refractivity contribution in [1.82, 2.24) is 9.80 Å². The molecule has 1 unspecified atom stereocenters. The molecule has 0 amide bonds. The van der Waals surface area contributed by atoms with Gasteiger partial charge >= 0.3 is 0 Å². The third-order valence-corrected chi connectivity index (χ3v) is 5.18. The van der Waals surface area contributed by atoms with Crippen LogP contribution >= 0.6 is 0 Å². The fourth-order valence-electron chi connectivity index (χ4n) is 3.79. The van der Waals surface area contributed by atoms with Gasteiger partial charge < -0.3 is 9.80 Å². The van der Waals surface area contributed by atoms with Crippen molar-refractivity contribution in [2.45, 2.75) is 84.2 Å². The van der Waals surface area contributed by atoms with E-state index in [4.69, 9.17) is 0 Å². The van der Waals surface area contributed by atoms with Gasteiger partial charge in [0.15, 0.2) is 0 Å². The minimum atomic E-state index is 0.398. The molecule has 0 N–H and O–H groups in total. The maximum Gasteiger partial charge on any atom is 0.127 e. The Morgan fingerprint density at radius 3 is 1.80 bits per heavy atom. The highest BCUT2D eigenvalue weighted by Crippen LogP contribution is 2.31. The average Bonchev–Trinajstić information content (AvgIpc) is 3.04. The van der Waals surface area contributed by atoms with E-state index in [1.165, 1.54) is 76.3 Å². The van der Waals surface area contributed by atoms with Gasteiger partial charge in [-0.1, -0.05) is 95.5 Å². The van der Waals surface area contributed by atoms with Crippen LogP contribution in [0.4, 0.5) is 0 Å². The number of hydrogen-bond donors (Lipinski definition) is 0. The van der Waals surface area contributed by atoms with Gasteiger partial charge in [0, 0.05) is 25.5 Å². The van der Waals surface area contributed by atoms with Crippen LogP contribution in [0.5, 0.6) is 0 Å². The van der Waals surface area contributed by atoms with Crippen LogP contribution in [0.1, 0.15) is 89.8 Å². The van der Waals surface area contributed by atoms with Crippen LogP contribution in [-0.4, -0.2) is 22.9 Å². The molecule has 0 saturated heterocycles. The SMILES string of the molecule is CCCCCCCCCCCN1C=CN(CCC)C1c1ccccc1. The summed E-state index contributed by atoms with van der Waals surface area (Å²) in [6.07, 6.45) is 18.7. The van der Waals surface area contributed by atoms with Crippen LogP contribution < -0.4 is 0 Å². The molecule has 1 aliphatic rings. The summed E-state index contributed by atoms with van der Waals surface area (Å²) in [5, 5.41) is 0. The lowest BCUT2D eigenvalue weighted by molar-refractivity contribution is 0.152. The van der Waals surface area contributed by atoms with Crippen molar-refractivity contribution in [2.75, 3.05) is 13.1 Å². The van der Waals surface area contributed by atoms with Crippen molar-refractivity contribution >= 4 is 0 Å². The van der Waals surface area contributed by atoms with Gasteiger partial charge in [0.1, 0.15) is 6.17 Å². The zero-order valence-corrected chi connectivity index (χ0v) is 16.5. The molecule has 1 heterocycles. The molecule has 0 radical (unpaired) electrons. The molecule has 2 nitrogen and oxygen atoms in total. The molecule has 0 aromatic heterocycles.